The summed E-state index contributed by atoms with van der Waals surface area (Å²) in [4.78, 5) is 12.2. The Morgan fingerprint density at radius 1 is 1.12 bits per heavy atom. The number of furan rings is 1. The molecule has 1 aliphatic heterocycles. The van der Waals surface area contributed by atoms with Gasteiger partial charge in [0.05, 0.1) is 17.1 Å². The molecule has 1 aromatic carbocycles. The van der Waals surface area contributed by atoms with Crippen molar-refractivity contribution in [2.24, 2.45) is 0 Å². The minimum Gasteiger partial charge on any atom is -0.444 e. The molecule has 9 heteroatoms. The predicted molar refractivity (Wildman–Crippen MR) is 99.6 cm³/mol. The summed E-state index contributed by atoms with van der Waals surface area (Å²) in [5.41, 5.74) is 0.477. The molecule has 0 aliphatic carbocycles. The Labute approximate surface area is 160 Å². The van der Waals surface area contributed by atoms with Gasteiger partial charge in [-0.25, -0.2) is 8.42 Å². The molecule has 3 rings (SSSR count). The number of carbonyl (C=O) groups excluding carboxylic acids is 1. The number of amides is 1. The van der Waals surface area contributed by atoms with Gasteiger partial charge in [-0.1, -0.05) is 0 Å². The number of halogens is 1. The second-order valence-electron chi connectivity index (χ2n) is 6.16. The van der Waals surface area contributed by atoms with Gasteiger partial charge in [-0.3, -0.25) is 4.79 Å². The first-order valence-electron chi connectivity index (χ1n) is 8.08. The van der Waals surface area contributed by atoms with E-state index in [1.165, 1.54) is 16.4 Å². The molecule has 1 saturated heterocycles. The maximum absolute atomic E-state index is 12.8. The first-order valence-corrected chi connectivity index (χ1v) is 10.3. The van der Waals surface area contributed by atoms with E-state index in [2.05, 4.69) is 21.2 Å². The highest BCUT2D eigenvalue weighted by Gasteiger charge is 2.32. The van der Waals surface area contributed by atoms with Gasteiger partial charge in [0.1, 0.15) is 0 Å². The third-order valence-corrected chi connectivity index (χ3v) is 6.21. The average molecular weight is 443 g/mol. The van der Waals surface area contributed by atoms with Gasteiger partial charge in [0.25, 0.3) is 5.91 Å². The van der Waals surface area contributed by atoms with Crippen LogP contribution in [-0.2, 0) is 14.8 Å². The number of nitrogens with zero attached hydrogens (tertiary/aromatic N) is 1. The van der Waals surface area contributed by atoms with Gasteiger partial charge in [0, 0.05) is 18.8 Å². The maximum Gasteiger partial charge on any atom is 0.291 e. The van der Waals surface area contributed by atoms with Crippen molar-refractivity contribution in [1.82, 2.24) is 4.31 Å². The minimum absolute atomic E-state index is 0.153. The number of nitrogens with one attached hydrogen (secondary N) is 1. The monoisotopic (exact) mass is 442 g/mol. The summed E-state index contributed by atoms with van der Waals surface area (Å²) in [6, 6.07) is 9.22. The van der Waals surface area contributed by atoms with Crippen molar-refractivity contribution in [3.8, 4) is 0 Å². The Morgan fingerprint density at radius 3 is 2.27 bits per heavy atom. The molecule has 1 aliphatic rings. The molecule has 1 N–H and O–H groups in total. The van der Waals surface area contributed by atoms with Crippen LogP contribution >= 0.6 is 15.9 Å². The summed E-state index contributed by atoms with van der Waals surface area (Å²) >= 11 is 3.14. The first-order chi connectivity index (χ1) is 12.3. The maximum atomic E-state index is 12.8. The third-order valence-electron chi connectivity index (χ3n) is 3.93. The molecule has 0 spiro atoms. The van der Waals surface area contributed by atoms with E-state index < -0.39 is 15.9 Å². The Balaban J connectivity index is 1.73. The molecule has 0 unspecified atom stereocenters. The van der Waals surface area contributed by atoms with Gasteiger partial charge in [-0.2, -0.15) is 4.31 Å². The lowest BCUT2D eigenvalue weighted by molar-refractivity contribution is -0.0440. The van der Waals surface area contributed by atoms with Gasteiger partial charge < -0.3 is 14.5 Å². The lowest BCUT2D eigenvalue weighted by atomic mass is 10.3. The molecule has 1 amide bonds. The van der Waals surface area contributed by atoms with Crippen LogP contribution in [0.1, 0.15) is 24.4 Å². The zero-order valence-corrected chi connectivity index (χ0v) is 16.7. The van der Waals surface area contributed by atoms with Crippen molar-refractivity contribution in [1.29, 1.82) is 0 Å². The summed E-state index contributed by atoms with van der Waals surface area (Å²) in [6.45, 7) is 4.34. The number of carbonyl (C=O) groups is 1. The Morgan fingerprint density at radius 2 is 1.73 bits per heavy atom. The number of rotatable bonds is 4. The molecule has 140 valence electrons. The summed E-state index contributed by atoms with van der Waals surface area (Å²) < 4.78 is 38.3. The Kier molecular flexibility index (Phi) is 5.52. The van der Waals surface area contributed by atoms with Crippen molar-refractivity contribution < 1.29 is 22.4 Å². The summed E-state index contributed by atoms with van der Waals surface area (Å²) in [7, 11) is -3.61. The summed E-state index contributed by atoms with van der Waals surface area (Å²) in [6.07, 6.45) is -0.306. The van der Waals surface area contributed by atoms with E-state index >= 15 is 0 Å². The molecule has 0 bridgehead atoms. The normalized spacial score (nSPS) is 21.5. The lowest BCUT2D eigenvalue weighted by Gasteiger charge is -2.34. The molecule has 2 heterocycles. The van der Waals surface area contributed by atoms with E-state index in [1.54, 1.807) is 24.3 Å². The van der Waals surface area contributed by atoms with Crippen molar-refractivity contribution in [3.63, 3.8) is 0 Å². The number of hydrogen-bond donors (Lipinski definition) is 1. The van der Waals surface area contributed by atoms with Crippen LogP contribution in [0.5, 0.6) is 0 Å². The zero-order chi connectivity index (χ0) is 18.9. The second kappa shape index (κ2) is 7.51. The first kappa shape index (κ1) is 19.1. The Bertz CT molecular complexity index is 884. The zero-order valence-electron chi connectivity index (χ0n) is 14.3. The number of ether oxygens (including phenoxy) is 1. The van der Waals surface area contributed by atoms with Gasteiger partial charge in [-0.15, -0.1) is 0 Å². The van der Waals surface area contributed by atoms with Crippen molar-refractivity contribution in [2.45, 2.75) is 31.0 Å². The lowest BCUT2D eigenvalue weighted by Crippen LogP contribution is -2.48. The standard InChI is InChI=1S/C17H19BrN2O5S/c1-11-9-20(10-12(2)24-11)26(22,23)14-5-3-13(4-6-14)19-17(21)15-7-8-16(18)25-15/h3-8,11-12H,9-10H2,1-2H3,(H,19,21)/t11-,12-/m0/s1. The largest absolute Gasteiger partial charge is 0.444 e. The molecule has 0 radical (unpaired) electrons. The quantitative estimate of drug-likeness (QED) is 0.785. The predicted octanol–water partition coefficient (Wildman–Crippen LogP) is 3.09. The van der Waals surface area contributed by atoms with Crippen LogP contribution in [0.25, 0.3) is 0 Å². The average Bonchev–Trinajstić information content (AvgIpc) is 3.01. The molecule has 1 fully saturated rings. The SMILES string of the molecule is C[C@H]1CN(S(=O)(=O)c2ccc(NC(=O)c3ccc(Br)o3)cc2)C[C@H](C)O1. The van der Waals surface area contributed by atoms with Crippen LogP contribution < -0.4 is 5.32 Å². The summed E-state index contributed by atoms with van der Waals surface area (Å²) in [5.74, 6) is -0.257. The van der Waals surface area contributed by atoms with Gasteiger partial charge >= 0.3 is 0 Å². The van der Waals surface area contributed by atoms with E-state index in [0.29, 0.717) is 23.4 Å². The van der Waals surface area contributed by atoms with Crippen LogP contribution in [-0.4, -0.2) is 43.9 Å². The van der Waals surface area contributed by atoms with E-state index in [0.717, 1.165) is 0 Å². The van der Waals surface area contributed by atoms with Crippen LogP contribution in [0.2, 0.25) is 0 Å². The highest BCUT2D eigenvalue weighted by molar-refractivity contribution is 9.10. The van der Waals surface area contributed by atoms with Crippen LogP contribution in [0.15, 0.2) is 50.4 Å². The molecular formula is C17H19BrN2O5S. The van der Waals surface area contributed by atoms with E-state index in [-0.39, 0.29) is 22.9 Å². The molecule has 0 saturated carbocycles. The second-order valence-corrected chi connectivity index (χ2v) is 8.88. The van der Waals surface area contributed by atoms with Gasteiger partial charge in [-0.05, 0) is 66.2 Å². The van der Waals surface area contributed by atoms with E-state index in [4.69, 9.17) is 9.15 Å². The van der Waals surface area contributed by atoms with Gasteiger partial charge in [0.15, 0.2) is 10.4 Å². The van der Waals surface area contributed by atoms with E-state index in [1.807, 2.05) is 13.8 Å². The highest BCUT2D eigenvalue weighted by atomic mass is 79.9. The Hall–Kier alpha value is -1.68. The van der Waals surface area contributed by atoms with Crippen LogP contribution in [0, 0.1) is 0 Å². The fraction of sp³-hybridized carbons (Fsp3) is 0.353. The van der Waals surface area contributed by atoms with Crippen LogP contribution in [0.3, 0.4) is 0 Å². The number of sulfonamides is 1. The molecular weight excluding hydrogens is 424 g/mol. The fourth-order valence-electron chi connectivity index (χ4n) is 2.82. The van der Waals surface area contributed by atoms with Crippen molar-refractivity contribution in [3.05, 3.63) is 46.8 Å². The minimum atomic E-state index is -3.61. The number of benzene rings is 1. The molecule has 2 atom stereocenters. The topological polar surface area (TPSA) is 88.9 Å². The molecule has 7 nitrogen and oxygen atoms in total. The molecule has 26 heavy (non-hydrogen) atoms. The number of hydrogen-bond acceptors (Lipinski definition) is 5. The van der Waals surface area contributed by atoms with Crippen molar-refractivity contribution in [2.75, 3.05) is 18.4 Å². The third kappa shape index (κ3) is 4.17. The smallest absolute Gasteiger partial charge is 0.291 e. The van der Waals surface area contributed by atoms with Crippen LogP contribution in [0.4, 0.5) is 5.69 Å². The van der Waals surface area contributed by atoms with Gasteiger partial charge in [0.2, 0.25) is 10.0 Å². The highest BCUT2D eigenvalue weighted by Crippen LogP contribution is 2.23. The molecule has 1 aromatic heterocycles. The van der Waals surface area contributed by atoms with Crippen molar-refractivity contribution >= 4 is 37.5 Å². The fourth-order valence-corrected chi connectivity index (χ4v) is 4.71. The molecule has 2 aromatic rings. The number of morpholine rings is 1. The summed E-state index contributed by atoms with van der Waals surface area (Å²) in [5, 5.41) is 2.66. The number of anilines is 1. The van der Waals surface area contributed by atoms with E-state index in [9.17, 15) is 13.2 Å².